The molecule has 13 heavy (non-hydrogen) atoms. The number of rotatable bonds is 3. The van der Waals surface area contributed by atoms with E-state index in [-0.39, 0.29) is 5.91 Å². The molecular weight excluding hydrogens is 168 g/mol. The highest BCUT2D eigenvalue weighted by molar-refractivity contribution is 5.80. The molecule has 72 valence electrons. The Kier molecular flexibility index (Phi) is 2.65. The summed E-state index contributed by atoms with van der Waals surface area (Å²) in [6.45, 7) is 4.69. The van der Waals surface area contributed by atoms with E-state index in [4.69, 9.17) is 5.73 Å². The predicted octanol–water partition coefficient (Wildman–Crippen LogP) is 0.694. The van der Waals surface area contributed by atoms with Crippen LogP contribution in [0.4, 0.5) is 0 Å². The van der Waals surface area contributed by atoms with Gasteiger partial charge in [0.2, 0.25) is 5.91 Å². The van der Waals surface area contributed by atoms with E-state index in [2.05, 4.69) is 10.2 Å². The summed E-state index contributed by atoms with van der Waals surface area (Å²) in [6.07, 6.45) is 3.40. The Hall–Kier alpha value is -1.39. The number of hydrogen-bond acceptors (Lipinski definition) is 4. The Morgan fingerprint density at radius 3 is 2.85 bits per heavy atom. The van der Waals surface area contributed by atoms with Crippen LogP contribution in [0, 0.1) is 5.41 Å². The molecule has 0 aromatic rings. The minimum absolute atomic E-state index is 0.302. The number of carbonyl (C=O) groups excluding carboxylic acids is 1. The molecule has 0 spiro atoms. The summed E-state index contributed by atoms with van der Waals surface area (Å²) in [5.74, 6) is -0.302. The van der Waals surface area contributed by atoms with Crippen LogP contribution >= 0.6 is 0 Å². The van der Waals surface area contributed by atoms with Crippen molar-refractivity contribution in [3.8, 4) is 0 Å². The second kappa shape index (κ2) is 3.55. The summed E-state index contributed by atoms with van der Waals surface area (Å²) in [4.78, 5) is 12.9. The van der Waals surface area contributed by atoms with Crippen molar-refractivity contribution in [1.29, 1.82) is 0 Å². The number of nitrogens with two attached hydrogens (primary N) is 1. The Morgan fingerprint density at radius 1 is 1.69 bits per heavy atom. The Bertz CT molecular complexity index is 257. The van der Waals surface area contributed by atoms with E-state index in [0.29, 0.717) is 13.2 Å². The molecule has 1 amide bonds. The van der Waals surface area contributed by atoms with Crippen molar-refractivity contribution in [3.63, 3.8) is 0 Å². The Balaban J connectivity index is 2.53. The van der Waals surface area contributed by atoms with E-state index < -0.39 is 5.41 Å². The summed E-state index contributed by atoms with van der Waals surface area (Å²) < 4.78 is 0. The van der Waals surface area contributed by atoms with Gasteiger partial charge < -0.3 is 10.6 Å². The fourth-order valence-electron chi connectivity index (χ4n) is 1.02. The third-order valence-corrected chi connectivity index (χ3v) is 1.94. The third-order valence-electron chi connectivity index (χ3n) is 1.94. The SMILES string of the molecule is CC(C)(CN1C=CN=NC1)C(N)=O. The van der Waals surface area contributed by atoms with E-state index in [0.717, 1.165) is 0 Å². The van der Waals surface area contributed by atoms with E-state index >= 15 is 0 Å². The molecule has 1 aliphatic rings. The van der Waals surface area contributed by atoms with Crippen molar-refractivity contribution in [2.24, 2.45) is 21.4 Å². The average Bonchev–Trinajstić information content (AvgIpc) is 2.05. The van der Waals surface area contributed by atoms with Gasteiger partial charge in [-0.2, -0.15) is 10.2 Å². The number of carbonyl (C=O) groups is 1. The zero-order chi connectivity index (χ0) is 9.90. The maximum atomic E-state index is 11.0. The molecule has 1 heterocycles. The van der Waals surface area contributed by atoms with E-state index in [1.165, 1.54) is 0 Å². The van der Waals surface area contributed by atoms with Gasteiger partial charge in [0.05, 0.1) is 11.6 Å². The molecule has 0 saturated heterocycles. The average molecular weight is 182 g/mol. The fraction of sp³-hybridized carbons (Fsp3) is 0.625. The zero-order valence-corrected chi connectivity index (χ0v) is 7.90. The van der Waals surface area contributed by atoms with Gasteiger partial charge in [0, 0.05) is 12.7 Å². The van der Waals surface area contributed by atoms with Gasteiger partial charge in [-0.3, -0.25) is 4.79 Å². The van der Waals surface area contributed by atoms with Crippen LogP contribution in [0.25, 0.3) is 0 Å². The van der Waals surface area contributed by atoms with Crippen molar-refractivity contribution >= 4 is 5.91 Å². The fourth-order valence-corrected chi connectivity index (χ4v) is 1.02. The second-order valence-electron chi connectivity index (χ2n) is 3.69. The first-order valence-corrected chi connectivity index (χ1v) is 4.09. The van der Waals surface area contributed by atoms with Gasteiger partial charge in [-0.1, -0.05) is 0 Å². The summed E-state index contributed by atoms with van der Waals surface area (Å²) in [5, 5.41) is 7.50. The molecule has 0 bridgehead atoms. The minimum atomic E-state index is -0.531. The molecule has 0 radical (unpaired) electrons. The lowest BCUT2D eigenvalue weighted by Crippen LogP contribution is -2.41. The maximum absolute atomic E-state index is 11.0. The van der Waals surface area contributed by atoms with Gasteiger partial charge in [0.25, 0.3) is 0 Å². The lowest BCUT2D eigenvalue weighted by atomic mass is 9.92. The summed E-state index contributed by atoms with van der Waals surface area (Å²) >= 11 is 0. The molecule has 1 aliphatic heterocycles. The zero-order valence-electron chi connectivity index (χ0n) is 7.90. The second-order valence-corrected chi connectivity index (χ2v) is 3.69. The van der Waals surface area contributed by atoms with Gasteiger partial charge >= 0.3 is 0 Å². The van der Waals surface area contributed by atoms with Crippen molar-refractivity contribution in [2.75, 3.05) is 13.2 Å². The molecule has 1 rings (SSSR count). The molecule has 5 nitrogen and oxygen atoms in total. The molecule has 0 aliphatic carbocycles. The van der Waals surface area contributed by atoms with Crippen LogP contribution in [-0.2, 0) is 4.79 Å². The lowest BCUT2D eigenvalue weighted by Gasteiger charge is -2.28. The highest BCUT2D eigenvalue weighted by atomic mass is 16.1. The lowest BCUT2D eigenvalue weighted by molar-refractivity contribution is -0.126. The quantitative estimate of drug-likeness (QED) is 0.697. The normalized spacial score (nSPS) is 16.3. The first kappa shape index (κ1) is 9.70. The van der Waals surface area contributed by atoms with Gasteiger partial charge in [-0.25, -0.2) is 0 Å². The Morgan fingerprint density at radius 2 is 2.38 bits per heavy atom. The van der Waals surface area contributed by atoms with Crippen LogP contribution in [-0.4, -0.2) is 24.0 Å². The topological polar surface area (TPSA) is 71.1 Å². The smallest absolute Gasteiger partial charge is 0.224 e. The summed E-state index contributed by atoms with van der Waals surface area (Å²) in [6, 6.07) is 0. The maximum Gasteiger partial charge on any atom is 0.224 e. The Labute approximate surface area is 77.3 Å². The van der Waals surface area contributed by atoms with E-state index in [9.17, 15) is 4.79 Å². The highest BCUT2D eigenvalue weighted by Gasteiger charge is 2.27. The summed E-state index contributed by atoms with van der Waals surface area (Å²) in [7, 11) is 0. The largest absolute Gasteiger partial charge is 0.369 e. The van der Waals surface area contributed by atoms with Gasteiger partial charge in [0.1, 0.15) is 6.67 Å². The first-order valence-electron chi connectivity index (χ1n) is 4.09. The van der Waals surface area contributed by atoms with Crippen LogP contribution in [0.5, 0.6) is 0 Å². The summed E-state index contributed by atoms with van der Waals surface area (Å²) in [5.41, 5.74) is 4.71. The molecule has 0 unspecified atom stereocenters. The van der Waals surface area contributed by atoms with Crippen LogP contribution in [0.15, 0.2) is 22.6 Å². The van der Waals surface area contributed by atoms with E-state index in [1.807, 2.05) is 18.7 Å². The standard InChI is InChI=1S/C8H14N4O/c1-8(2,7(9)13)5-12-4-3-10-11-6-12/h3-4H,5-6H2,1-2H3,(H2,9,13). The monoisotopic (exact) mass is 182 g/mol. The minimum Gasteiger partial charge on any atom is -0.369 e. The molecule has 0 fully saturated rings. The third kappa shape index (κ3) is 2.54. The van der Waals surface area contributed by atoms with Crippen molar-refractivity contribution < 1.29 is 4.79 Å². The van der Waals surface area contributed by atoms with Crippen LogP contribution < -0.4 is 5.73 Å². The molecule has 2 N–H and O–H groups in total. The number of primary amides is 1. The van der Waals surface area contributed by atoms with Gasteiger partial charge in [0.15, 0.2) is 0 Å². The molecule has 0 saturated carbocycles. The number of azo groups is 1. The molecular formula is C8H14N4O. The van der Waals surface area contributed by atoms with Crippen LogP contribution in [0.2, 0.25) is 0 Å². The van der Waals surface area contributed by atoms with Crippen molar-refractivity contribution in [3.05, 3.63) is 12.4 Å². The predicted molar refractivity (Wildman–Crippen MR) is 48.5 cm³/mol. The number of nitrogens with zero attached hydrogens (tertiary/aromatic N) is 3. The molecule has 5 heteroatoms. The van der Waals surface area contributed by atoms with Gasteiger partial charge in [-0.05, 0) is 13.8 Å². The molecule has 0 aromatic heterocycles. The van der Waals surface area contributed by atoms with Crippen molar-refractivity contribution in [1.82, 2.24) is 4.90 Å². The van der Waals surface area contributed by atoms with Crippen molar-refractivity contribution in [2.45, 2.75) is 13.8 Å². The van der Waals surface area contributed by atoms with E-state index in [1.54, 1.807) is 12.4 Å². The van der Waals surface area contributed by atoms with Crippen LogP contribution in [0.1, 0.15) is 13.8 Å². The van der Waals surface area contributed by atoms with Crippen LogP contribution in [0.3, 0.4) is 0 Å². The number of hydrogen-bond donors (Lipinski definition) is 1. The molecule has 0 atom stereocenters. The molecule has 0 aromatic carbocycles. The number of amides is 1. The van der Waals surface area contributed by atoms with Gasteiger partial charge in [-0.15, -0.1) is 0 Å². The first-order chi connectivity index (χ1) is 6.02. The highest BCUT2D eigenvalue weighted by Crippen LogP contribution is 2.17.